The Labute approximate surface area is 111 Å². The highest BCUT2D eigenvalue weighted by atomic mass is 16.5. The van der Waals surface area contributed by atoms with E-state index >= 15 is 0 Å². The van der Waals surface area contributed by atoms with Gasteiger partial charge in [0.1, 0.15) is 11.8 Å². The highest BCUT2D eigenvalue weighted by Gasteiger charge is 2.15. The van der Waals surface area contributed by atoms with Crippen molar-refractivity contribution < 1.29 is 14.3 Å². The van der Waals surface area contributed by atoms with Crippen molar-refractivity contribution in [3.8, 4) is 6.07 Å². The van der Waals surface area contributed by atoms with Gasteiger partial charge in [-0.3, -0.25) is 4.79 Å². The monoisotopic (exact) mass is 258 g/mol. The van der Waals surface area contributed by atoms with Gasteiger partial charge in [0.2, 0.25) is 5.91 Å². The minimum Gasteiger partial charge on any atom is -0.443 e. The molecule has 0 aliphatic heterocycles. The molecule has 1 aromatic rings. The molecule has 0 spiro atoms. The number of hydrogen-bond donors (Lipinski definition) is 1. The Balaban J connectivity index is 2.95. The Hall–Kier alpha value is -2.61. The van der Waals surface area contributed by atoms with Gasteiger partial charge in [0, 0.05) is 6.92 Å². The van der Waals surface area contributed by atoms with Crippen LogP contribution in [0.2, 0.25) is 0 Å². The summed E-state index contributed by atoms with van der Waals surface area (Å²) in [6, 6.07) is 10.8. The van der Waals surface area contributed by atoms with Gasteiger partial charge in [0.25, 0.3) is 0 Å². The molecule has 1 atom stereocenters. The van der Waals surface area contributed by atoms with Crippen LogP contribution in [0.4, 0.5) is 0 Å². The van der Waals surface area contributed by atoms with E-state index in [0.717, 1.165) is 5.56 Å². The van der Waals surface area contributed by atoms with Crippen LogP contribution in [-0.2, 0) is 14.3 Å². The van der Waals surface area contributed by atoms with Crippen LogP contribution in [0, 0.1) is 11.3 Å². The normalized spacial score (nSPS) is 12.2. The summed E-state index contributed by atoms with van der Waals surface area (Å²) in [7, 11) is 0. The number of carbonyl (C=O) groups is 2. The topological polar surface area (TPSA) is 79.2 Å². The van der Waals surface area contributed by atoms with E-state index in [1.54, 1.807) is 30.3 Å². The van der Waals surface area contributed by atoms with Gasteiger partial charge in [-0.2, -0.15) is 5.26 Å². The fourth-order valence-electron chi connectivity index (χ4n) is 1.30. The van der Waals surface area contributed by atoms with E-state index in [2.05, 4.69) is 5.32 Å². The van der Waals surface area contributed by atoms with E-state index < -0.39 is 12.1 Å². The maximum atomic E-state index is 11.8. The van der Waals surface area contributed by atoms with Gasteiger partial charge in [-0.15, -0.1) is 0 Å². The summed E-state index contributed by atoms with van der Waals surface area (Å²) in [6.45, 7) is 2.74. The van der Waals surface area contributed by atoms with E-state index in [-0.39, 0.29) is 11.6 Å². The molecule has 0 aliphatic carbocycles. The summed E-state index contributed by atoms with van der Waals surface area (Å²) >= 11 is 0. The molecule has 5 heteroatoms. The summed E-state index contributed by atoms with van der Waals surface area (Å²) < 4.78 is 4.85. The molecule has 0 saturated carbocycles. The number of benzene rings is 1. The van der Waals surface area contributed by atoms with Gasteiger partial charge < -0.3 is 10.1 Å². The summed E-state index contributed by atoms with van der Waals surface area (Å²) in [5, 5.41) is 11.0. The Kier molecular flexibility index (Phi) is 5.30. The average Bonchev–Trinajstić information content (AvgIpc) is 2.38. The lowest BCUT2D eigenvalue weighted by molar-refractivity contribution is -0.142. The number of hydrogen-bond acceptors (Lipinski definition) is 4. The van der Waals surface area contributed by atoms with E-state index in [1.165, 1.54) is 19.9 Å². The van der Waals surface area contributed by atoms with Gasteiger partial charge in [-0.25, -0.2) is 4.79 Å². The molecule has 1 rings (SSSR count). The largest absolute Gasteiger partial charge is 0.443 e. The maximum Gasteiger partial charge on any atom is 0.356 e. The second-order valence-electron chi connectivity index (χ2n) is 3.83. The maximum absolute atomic E-state index is 11.8. The fraction of sp³-hybridized carbons (Fsp3) is 0.214. The number of rotatable bonds is 4. The molecular formula is C14H14N2O3. The number of amides is 1. The molecule has 1 aromatic carbocycles. The van der Waals surface area contributed by atoms with Crippen molar-refractivity contribution in [3.05, 3.63) is 41.6 Å². The van der Waals surface area contributed by atoms with Crippen LogP contribution in [0.15, 0.2) is 36.0 Å². The van der Waals surface area contributed by atoms with Gasteiger partial charge in [0.15, 0.2) is 6.10 Å². The number of nitriles is 1. The first-order valence-electron chi connectivity index (χ1n) is 5.68. The Bertz CT molecular complexity index is 529. The lowest BCUT2D eigenvalue weighted by Crippen LogP contribution is -2.28. The summed E-state index contributed by atoms with van der Waals surface area (Å²) in [5.41, 5.74) is 0.744. The minimum absolute atomic E-state index is 0.000741. The van der Waals surface area contributed by atoms with Gasteiger partial charge in [-0.1, -0.05) is 30.3 Å². The highest BCUT2D eigenvalue weighted by Crippen LogP contribution is 2.07. The number of ether oxygens (including phenoxy) is 1. The number of nitrogens with one attached hydrogen (secondary N) is 1. The first kappa shape index (κ1) is 14.5. The predicted molar refractivity (Wildman–Crippen MR) is 69.4 cm³/mol. The molecule has 0 aliphatic rings. The fourth-order valence-corrected chi connectivity index (χ4v) is 1.30. The molecule has 1 unspecified atom stereocenters. The van der Waals surface area contributed by atoms with E-state index in [4.69, 9.17) is 10.00 Å². The molecule has 0 saturated heterocycles. The Morgan fingerprint density at radius 3 is 2.53 bits per heavy atom. The van der Waals surface area contributed by atoms with Crippen molar-refractivity contribution in [1.82, 2.24) is 5.32 Å². The second-order valence-corrected chi connectivity index (χ2v) is 3.83. The van der Waals surface area contributed by atoms with Crippen molar-refractivity contribution in [2.24, 2.45) is 0 Å². The zero-order chi connectivity index (χ0) is 14.3. The predicted octanol–water partition coefficient (Wildman–Crippen LogP) is 1.62. The third-order valence-corrected chi connectivity index (χ3v) is 2.11. The van der Waals surface area contributed by atoms with Gasteiger partial charge >= 0.3 is 5.97 Å². The van der Waals surface area contributed by atoms with E-state index in [1.807, 2.05) is 6.07 Å². The second kappa shape index (κ2) is 6.97. The zero-order valence-electron chi connectivity index (χ0n) is 10.7. The number of carbonyl (C=O) groups excluding carboxylic acids is 2. The van der Waals surface area contributed by atoms with Crippen LogP contribution < -0.4 is 5.32 Å². The molecule has 5 nitrogen and oxygen atoms in total. The molecule has 98 valence electrons. The molecule has 0 aromatic heterocycles. The van der Waals surface area contributed by atoms with Gasteiger partial charge in [0.05, 0.1) is 0 Å². The van der Waals surface area contributed by atoms with Crippen LogP contribution in [0.25, 0.3) is 6.08 Å². The van der Waals surface area contributed by atoms with Gasteiger partial charge in [-0.05, 0) is 18.6 Å². The summed E-state index contributed by atoms with van der Waals surface area (Å²) in [4.78, 5) is 22.9. The molecule has 0 radical (unpaired) electrons. The Morgan fingerprint density at radius 1 is 1.37 bits per heavy atom. The SMILES string of the molecule is CC(=O)N/C(=C\c1ccccc1)C(=O)OC(C)C#N. The summed E-state index contributed by atoms with van der Waals surface area (Å²) in [5.74, 6) is -1.13. The smallest absolute Gasteiger partial charge is 0.356 e. The first-order valence-corrected chi connectivity index (χ1v) is 5.68. The van der Waals surface area contributed by atoms with E-state index in [9.17, 15) is 9.59 Å². The third kappa shape index (κ3) is 5.04. The highest BCUT2D eigenvalue weighted by molar-refractivity contribution is 5.97. The number of nitrogens with zero attached hydrogens (tertiary/aromatic N) is 1. The zero-order valence-corrected chi connectivity index (χ0v) is 10.7. The first-order chi connectivity index (χ1) is 9.02. The number of esters is 1. The van der Waals surface area contributed by atoms with Crippen LogP contribution in [0.5, 0.6) is 0 Å². The van der Waals surface area contributed by atoms with Crippen LogP contribution in [-0.4, -0.2) is 18.0 Å². The van der Waals surface area contributed by atoms with Crippen LogP contribution >= 0.6 is 0 Å². The van der Waals surface area contributed by atoms with Crippen molar-refractivity contribution >= 4 is 18.0 Å². The Morgan fingerprint density at radius 2 is 2.00 bits per heavy atom. The standard InChI is InChI=1S/C14H14N2O3/c1-10(9-15)19-14(18)13(16-11(2)17)8-12-6-4-3-5-7-12/h3-8,10H,1-2H3,(H,16,17)/b13-8-. The van der Waals surface area contributed by atoms with Crippen LogP contribution in [0.3, 0.4) is 0 Å². The molecule has 0 fully saturated rings. The molecule has 0 heterocycles. The quantitative estimate of drug-likeness (QED) is 0.657. The molecular weight excluding hydrogens is 244 g/mol. The van der Waals surface area contributed by atoms with Crippen molar-refractivity contribution in [2.45, 2.75) is 20.0 Å². The average molecular weight is 258 g/mol. The van der Waals surface area contributed by atoms with Crippen molar-refractivity contribution in [3.63, 3.8) is 0 Å². The lowest BCUT2D eigenvalue weighted by Gasteiger charge is -2.10. The molecule has 1 amide bonds. The van der Waals surface area contributed by atoms with Crippen molar-refractivity contribution in [1.29, 1.82) is 5.26 Å². The molecule has 1 N–H and O–H groups in total. The molecule has 0 bridgehead atoms. The third-order valence-electron chi connectivity index (χ3n) is 2.11. The minimum atomic E-state index is -0.875. The lowest BCUT2D eigenvalue weighted by atomic mass is 10.2. The molecule has 19 heavy (non-hydrogen) atoms. The summed E-state index contributed by atoms with van der Waals surface area (Å²) in [6.07, 6.45) is 0.619. The van der Waals surface area contributed by atoms with Crippen molar-refractivity contribution in [2.75, 3.05) is 0 Å². The van der Waals surface area contributed by atoms with E-state index in [0.29, 0.717) is 0 Å². The van der Waals surface area contributed by atoms with Crippen LogP contribution in [0.1, 0.15) is 19.4 Å².